The normalized spacial score (nSPS) is 24.4. The molecule has 0 spiro atoms. The molecule has 0 aromatic heterocycles. The van der Waals surface area contributed by atoms with Gasteiger partial charge in [0.2, 0.25) is 0 Å². The van der Waals surface area contributed by atoms with Crippen molar-refractivity contribution >= 4 is 15.5 Å². The summed E-state index contributed by atoms with van der Waals surface area (Å²) in [5.74, 6) is 0.130. The highest BCUT2D eigenvalue weighted by Gasteiger charge is 2.48. The summed E-state index contributed by atoms with van der Waals surface area (Å²) in [5, 5.41) is 3.48. The maximum atomic E-state index is 11.8. The lowest BCUT2D eigenvalue weighted by molar-refractivity contribution is -0.0975. The highest BCUT2D eigenvalue weighted by atomic mass is 32.2. The van der Waals surface area contributed by atoms with Gasteiger partial charge in [0.05, 0.1) is 16.8 Å². The minimum absolute atomic E-state index is 0.0875. The molecule has 1 saturated carbocycles. The van der Waals surface area contributed by atoms with Gasteiger partial charge in [-0.25, -0.2) is 8.42 Å². The third-order valence-corrected chi connectivity index (χ3v) is 6.23. The van der Waals surface area contributed by atoms with Crippen LogP contribution in [0.2, 0.25) is 0 Å². The standard InChI is InChI=1S/C16H25NO3S/c1-5-20-15-11-14(16(15,3)4)17-12-7-9-13(10-8-12)21(18,19)6-2/h7-10,14-15,17H,5-6,11H2,1-4H3. The summed E-state index contributed by atoms with van der Waals surface area (Å²) in [4.78, 5) is 0.385. The number of ether oxygens (including phenoxy) is 1. The van der Waals surface area contributed by atoms with E-state index in [1.54, 1.807) is 19.1 Å². The third kappa shape index (κ3) is 3.24. The zero-order valence-electron chi connectivity index (χ0n) is 13.2. The van der Waals surface area contributed by atoms with Crippen molar-refractivity contribution in [1.82, 2.24) is 0 Å². The van der Waals surface area contributed by atoms with Crippen molar-refractivity contribution in [2.75, 3.05) is 17.7 Å². The molecular weight excluding hydrogens is 286 g/mol. The Bertz CT molecular complexity index is 578. The van der Waals surface area contributed by atoms with Crippen molar-refractivity contribution in [3.63, 3.8) is 0 Å². The predicted octanol–water partition coefficient (Wildman–Crippen LogP) is 3.10. The molecule has 2 unspecified atom stereocenters. The quantitative estimate of drug-likeness (QED) is 0.877. The SMILES string of the molecule is CCOC1CC(Nc2ccc(S(=O)(=O)CC)cc2)C1(C)C. The van der Waals surface area contributed by atoms with Crippen LogP contribution in [0.1, 0.15) is 34.1 Å². The molecule has 1 fully saturated rings. The number of nitrogens with one attached hydrogen (secondary N) is 1. The molecule has 0 heterocycles. The fourth-order valence-electron chi connectivity index (χ4n) is 2.74. The van der Waals surface area contributed by atoms with Crippen molar-refractivity contribution in [2.45, 2.75) is 51.2 Å². The van der Waals surface area contributed by atoms with Crippen molar-refractivity contribution in [2.24, 2.45) is 5.41 Å². The zero-order chi connectivity index (χ0) is 15.7. The minimum atomic E-state index is -3.12. The van der Waals surface area contributed by atoms with Crippen LogP contribution in [-0.4, -0.2) is 32.9 Å². The molecule has 0 bridgehead atoms. The lowest BCUT2D eigenvalue weighted by Gasteiger charge is -2.52. The Labute approximate surface area is 127 Å². The van der Waals surface area contributed by atoms with Gasteiger partial charge in [-0.3, -0.25) is 0 Å². The average molecular weight is 311 g/mol. The van der Waals surface area contributed by atoms with Gasteiger partial charge < -0.3 is 10.1 Å². The Morgan fingerprint density at radius 2 is 1.86 bits per heavy atom. The Balaban J connectivity index is 2.02. The van der Waals surface area contributed by atoms with E-state index >= 15 is 0 Å². The van der Waals surface area contributed by atoms with Crippen LogP contribution >= 0.6 is 0 Å². The molecule has 118 valence electrons. The number of anilines is 1. The summed E-state index contributed by atoms with van der Waals surface area (Å²) in [6, 6.07) is 7.38. The first-order valence-corrected chi connectivity index (χ1v) is 9.17. The Morgan fingerprint density at radius 1 is 1.24 bits per heavy atom. The molecule has 0 saturated heterocycles. The molecule has 1 N–H and O–H groups in total. The highest BCUT2D eigenvalue weighted by molar-refractivity contribution is 7.91. The number of hydrogen-bond acceptors (Lipinski definition) is 4. The smallest absolute Gasteiger partial charge is 0.178 e. The van der Waals surface area contributed by atoms with Crippen molar-refractivity contribution in [3.8, 4) is 0 Å². The van der Waals surface area contributed by atoms with Gasteiger partial charge in [0.15, 0.2) is 9.84 Å². The van der Waals surface area contributed by atoms with Gasteiger partial charge in [0.25, 0.3) is 0 Å². The minimum Gasteiger partial charge on any atom is -0.382 e. The molecule has 2 atom stereocenters. The molecule has 1 aromatic carbocycles. The molecule has 1 aliphatic carbocycles. The molecular formula is C16H25NO3S. The summed E-state index contributed by atoms with van der Waals surface area (Å²) in [6.07, 6.45) is 1.27. The van der Waals surface area contributed by atoms with Gasteiger partial charge in [-0.15, -0.1) is 0 Å². The van der Waals surface area contributed by atoms with Gasteiger partial charge in [-0.05, 0) is 37.6 Å². The van der Waals surface area contributed by atoms with Gasteiger partial charge in [-0.1, -0.05) is 20.8 Å². The summed E-state index contributed by atoms with van der Waals surface area (Å²) < 4.78 is 29.3. The molecule has 0 radical (unpaired) electrons. The molecule has 1 aromatic rings. The largest absolute Gasteiger partial charge is 0.382 e. The third-order valence-electron chi connectivity index (χ3n) is 4.48. The first-order chi connectivity index (χ1) is 9.81. The second kappa shape index (κ2) is 5.97. The monoisotopic (exact) mass is 311 g/mol. The predicted molar refractivity (Wildman–Crippen MR) is 85.4 cm³/mol. The van der Waals surface area contributed by atoms with E-state index in [1.165, 1.54) is 0 Å². The van der Waals surface area contributed by atoms with Gasteiger partial charge in [0.1, 0.15) is 0 Å². The van der Waals surface area contributed by atoms with E-state index in [0.717, 1.165) is 18.7 Å². The van der Waals surface area contributed by atoms with Crippen molar-refractivity contribution < 1.29 is 13.2 Å². The van der Waals surface area contributed by atoms with Crippen LogP contribution < -0.4 is 5.32 Å². The van der Waals surface area contributed by atoms with Gasteiger partial charge >= 0.3 is 0 Å². The van der Waals surface area contributed by atoms with Crippen molar-refractivity contribution in [3.05, 3.63) is 24.3 Å². The Hall–Kier alpha value is -1.07. The highest BCUT2D eigenvalue weighted by Crippen LogP contribution is 2.44. The first kappa shape index (κ1) is 16.3. The number of sulfone groups is 1. The van der Waals surface area contributed by atoms with Crippen LogP contribution in [0.15, 0.2) is 29.2 Å². The van der Waals surface area contributed by atoms with E-state index in [1.807, 2.05) is 19.1 Å². The summed E-state index contributed by atoms with van der Waals surface area (Å²) in [5.41, 5.74) is 1.04. The van der Waals surface area contributed by atoms with Crippen LogP contribution in [0.4, 0.5) is 5.69 Å². The van der Waals surface area contributed by atoms with Gasteiger partial charge in [-0.2, -0.15) is 0 Å². The lowest BCUT2D eigenvalue weighted by atomic mass is 9.64. The van der Waals surface area contributed by atoms with E-state index in [4.69, 9.17) is 4.74 Å². The number of rotatable bonds is 6. The van der Waals surface area contributed by atoms with Crippen LogP contribution in [0.5, 0.6) is 0 Å². The topological polar surface area (TPSA) is 55.4 Å². The summed E-state index contributed by atoms with van der Waals surface area (Å²) in [7, 11) is -3.12. The first-order valence-electron chi connectivity index (χ1n) is 7.52. The van der Waals surface area contributed by atoms with E-state index in [9.17, 15) is 8.42 Å². The van der Waals surface area contributed by atoms with E-state index < -0.39 is 9.84 Å². The fraction of sp³-hybridized carbons (Fsp3) is 0.625. The second-order valence-corrected chi connectivity index (χ2v) is 8.40. The maximum absolute atomic E-state index is 11.8. The molecule has 1 aliphatic rings. The van der Waals surface area contributed by atoms with Gasteiger partial charge in [0, 0.05) is 23.8 Å². The maximum Gasteiger partial charge on any atom is 0.178 e. The lowest BCUT2D eigenvalue weighted by Crippen LogP contribution is -2.58. The second-order valence-electron chi connectivity index (χ2n) is 6.13. The van der Waals surface area contributed by atoms with E-state index in [-0.39, 0.29) is 11.2 Å². The van der Waals surface area contributed by atoms with E-state index in [2.05, 4.69) is 19.2 Å². The molecule has 5 heteroatoms. The Morgan fingerprint density at radius 3 is 2.33 bits per heavy atom. The Kier molecular flexibility index (Phi) is 4.63. The molecule has 0 aliphatic heterocycles. The van der Waals surface area contributed by atoms with Crippen LogP contribution in [0, 0.1) is 5.41 Å². The molecule has 4 nitrogen and oxygen atoms in total. The molecule has 21 heavy (non-hydrogen) atoms. The summed E-state index contributed by atoms with van der Waals surface area (Å²) in [6.45, 7) is 8.81. The van der Waals surface area contributed by atoms with Crippen LogP contribution in [0.25, 0.3) is 0 Å². The van der Waals surface area contributed by atoms with Crippen LogP contribution in [0.3, 0.4) is 0 Å². The zero-order valence-corrected chi connectivity index (χ0v) is 14.0. The summed E-state index contributed by atoms with van der Waals surface area (Å²) >= 11 is 0. The number of benzene rings is 1. The molecule has 0 amide bonds. The van der Waals surface area contributed by atoms with Crippen molar-refractivity contribution in [1.29, 1.82) is 0 Å². The average Bonchev–Trinajstić information content (AvgIpc) is 2.47. The van der Waals surface area contributed by atoms with Crippen LogP contribution in [-0.2, 0) is 14.6 Å². The van der Waals surface area contributed by atoms with E-state index in [0.29, 0.717) is 17.0 Å². The molecule has 2 rings (SSSR count). The fourth-order valence-corrected chi connectivity index (χ4v) is 3.62. The number of hydrogen-bond donors (Lipinski definition) is 1.